The summed E-state index contributed by atoms with van der Waals surface area (Å²) < 4.78 is 55.0. The second-order valence-electron chi connectivity index (χ2n) is 22.4. The summed E-state index contributed by atoms with van der Waals surface area (Å²) in [6, 6.07) is 12.6. The van der Waals surface area contributed by atoms with Gasteiger partial charge in [-0.1, -0.05) is 22.0 Å². The number of aliphatic hydroxyl groups excluding tert-OH is 1. The topological polar surface area (TPSA) is 424 Å². The van der Waals surface area contributed by atoms with Crippen molar-refractivity contribution in [3.63, 3.8) is 0 Å². The molecule has 1 aliphatic heterocycles. The Hall–Kier alpha value is -10.5. The number of nitrogens with two attached hydrogens (primary N) is 1. The van der Waals surface area contributed by atoms with Crippen LogP contribution in [0.4, 0.5) is 32.1 Å². The third-order valence-electron chi connectivity index (χ3n) is 15.5. The number of piperazine rings is 1. The number of nitrogens with one attached hydrogen (secondary N) is 6. The fourth-order valence-corrected chi connectivity index (χ4v) is 10.5. The Morgan fingerprint density at radius 2 is 1.63 bits per heavy atom. The van der Waals surface area contributed by atoms with Crippen LogP contribution in [0.25, 0.3) is 33.5 Å². The minimum atomic E-state index is -0.716. The highest BCUT2D eigenvalue weighted by molar-refractivity contribution is 6.35. The first-order chi connectivity index (χ1) is 47.6. The molecule has 9 N–H and O–H groups in total. The molecule has 2 aromatic carbocycles. The number of aryl methyl sites for hydroxylation is 1. The molecule has 98 heavy (non-hydrogen) atoms. The van der Waals surface area contributed by atoms with Gasteiger partial charge in [-0.05, 0) is 62.7 Å². The lowest BCUT2D eigenvalue weighted by Crippen LogP contribution is -2.50. The van der Waals surface area contributed by atoms with Gasteiger partial charge in [-0.3, -0.25) is 29.1 Å². The lowest BCUT2D eigenvalue weighted by Gasteiger charge is -2.34. The molecule has 8 heterocycles. The predicted molar refractivity (Wildman–Crippen MR) is 351 cm³/mol. The van der Waals surface area contributed by atoms with E-state index in [2.05, 4.69) is 92.1 Å². The van der Waals surface area contributed by atoms with Gasteiger partial charge in [0.05, 0.1) is 129 Å². The van der Waals surface area contributed by atoms with E-state index in [4.69, 9.17) is 36.3 Å². The molecule has 7 aromatic heterocycles. The Bertz CT molecular complexity index is 4280. The average molecular weight is 1370 g/mol. The molecule has 0 radical (unpaired) electrons. The molecule has 0 aliphatic carbocycles. The van der Waals surface area contributed by atoms with Crippen molar-refractivity contribution >= 4 is 74.8 Å². The summed E-state index contributed by atoms with van der Waals surface area (Å²) >= 11 is 6.72. The van der Waals surface area contributed by atoms with E-state index >= 15 is 4.39 Å². The normalized spacial score (nSPS) is 13.0. The molecule has 36 heteroatoms. The smallest absolute Gasteiger partial charge is 0.280 e. The SMILES string of the molecule is Cc1nc2cc(F)c(-c3cnc(N4CCN(C(=O)COCCn5cc(CN(CCO)CCOCCOCCOCCNC(=O)CC[C@H](NC(=O)c6ccc(NCc7cnc8nc(N)[nH]c(=O)c8n7)cc6)c6nn[nH]n6)nn5)CC4)nc3)nc2c(N[C@H](C)c2cc(C#N)ccc2F)c1Cl. The number of aromatic amines is 2. The third-order valence-corrected chi connectivity index (χ3v) is 15.9. The quantitative estimate of drug-likeness (QED) is 0.0265. The zero-order valence-corrected chi connectivity index (χ0v) is 54.2. The summed E-state index contributed by atoms with van der Waals surface area (Å²) in [5.74, 6) is -1.46. The monoisotopic (exact) mass is 1370 g/mol. The highest BCUT2D eigenvalue weighted by atomic mass is 35.5. The van der Waals surface area contributed by atoms with Crippen LogP contribution in [0.1, 0.15) is 76.2 Å². The highest BCUT2D eigenvalue weighted by Crippen LogP contribution is 2.37. The van der Waals surface area contributed by atoms with Crippen LogP contribution in [-0.4, -0.2) is 213 Å². The molecule has 1 saturated heterocycles. The number of benzene rings is 2. The maximum absolute atomic E-state index is 15.7. The summed E-state index contributed by atoms with van der Waals surface area (Å²) in [6.45, 7) is 9.20. The number of aliphatic hydroxyl groups is 1. The van der Waals surface area contributed by atoms with E-state index in [1.165, 1.54) is 42.9 Å². The number of ether oxygens (including phenoxy) is 4. The van der Waals surface area contributed by atoms with Gasteiger partial charge in [0.15, 0.2) is 22.8 Å². The largest absolute Gasteiger partial charge is 0.395 e. The van der Waals surface area contributed by atoms with Crippen LogP contribution in [0.2, 0.25) is 5.02 Å². The van der Waals surface area contributed by atoms with Crippen LogP contribution < -0.4 is 37.5 Å². The summed E-state index contributed by atoms with van der Waals surface area (Å²) in [4.78, 5) is 89.9. The van der Waals surface area contributed by atoms with Crippen LogP contribution in [0, 0.1) is 29.9 Å². The number of carbonyl (C=O) groups excluding carboxylic acids is 3. The number of nitrogen functional groups attached to an aromatic ring is 1. The number of halogens is 3. The minimum Gasteiger partial charge on any atom is -0.395 e. The Kier molecular flexibility index (Phi) is 24.7. The molecule has 0 bridgehead atoms. The van der Waals surface area contributed by atoms with E-state index in [0.717, 1.165) is 0 Å². The van der Waals surface area contributed by atoms with E-state index in [9.17, 15) is 33.9 Å². The van der Waals surface area contributed by atoms with Crippen LogP contribution in [0.5, 0.6) is 0 Å². The standard InChI is InChI=1S/C62H71ClF2N24O9/c1-37(45-27-39(29-66)3-8-46(45)64)74-55-52(63)38(2)73-49-28-47(65)53(77-54(49)55)41-30-71-62(72-31-41)88-14-12-87(13-15-88)51(92)36-98-22-18-89-35-44(80-85-89)34-86(16-19-90)17-21-96-24-26-97-25-23-95-20-11-68-50(91)10-9-48(57-81-83-84-82-57)76-59(93)40-4-6-42(7-5-40)69-32-43-33-70-58-56(75-43)60(94)79-61(67)78-58/h3-8,27-28,30-31,33,35,37,48,69,90H,9-26,32,34,36H2,1-2H3,(H,68,91)(H,73,74)(H,76,93)(H,81,82,83,84)(H3,67,70,78,79,94)/t37-,48+/m1/s1. The predicted octanol–water partition coefficient (Wildman–Crippen LogP) is 2.97. The van der Waals surface area contributed by atoms with Crippen LogP contribution in [0.3, 0.4) is 0 Å². The number of carbonyl (C=O) groups is 3. The van der Waals surface area contributed by atoms with Gasteiger partial charge in [0, 0.05) is 106 Å². The van der Waals surface area contributed by atoms with Crippen molar-refractivity contribution in [3.8, 4) is 17.3 Å². The number of hydrogen-bond acceptors (Lipinski definition) is 27. The molecule has 514 valence electrons. The number of hydrogen-bond donors (Lipinski definition) is 8. The zero-order valence-electron chi connectivity index (χ0n) is 53.5. The molecule has 33 nitrogen and oxygen atoms in total. The van der Waals surface area contributed by atoms with Gasteiger partial charge >= 0.3 is 0 Å². The van der Waals surface area contributed by atoms with Gasteiger partial charge < -0.3 is 60.9 Å². The number of rotatable bonds is 35. The van der Waals surface area contributed by atoms with E-state index < -0.39 is 35.2 Å². The van der Waals surface area contributed by atoms with Crippen LogP contribution >= 0.6 is 11.6 Å². The molecular formula is C62H71ClF2N24O9. The van der Waals surface area contributed by atoms with E-state index in [0.29, 0.717) is 131 Å². The highest BCUT2D eigenvalue weighted by Gasteiger charge is 2.26. The lowest BCUT2D eigenvalue weighted by atomic mass is 10.0. The van der Waals surface area contributed by atoms with Gasteiger partial charge in [0.2, 0.25) is 23.7 Å². The average Bonchev–Trinajstić information content (AvgIpc) is 0.882. The first kappa shape index (κ1) is 70.3. The number of anilines is 4. The summed E-state index contributed by atoms with van der Waals surface area (Å²) in [5.41, 5.74) is 9.47. The van der Waals surface area contributed by atoms with Gasteiger partial charge in [-0.15, -0.1) is 15.3 Å². The molecule has 0 unspecified atom stereocenters. The molecular weight excluding hydrogens is 1300 g/mol. The number of nitrogens with zero attached hydrogens (tertiary/aromatic N) is 17. The summed E-state index contributed by atoms with van der Waals surface area (Å²) in [5, 5.41) is 53.9. The Labute approximate surface area is 563 Å². The fourth-order valence-electron chi connectivity index (χ4n) is 10.3. The number of nitriles is 1. The van der Waals surface area contributed by atoms with Crippen molar-refractivity contribution in [2.24, 2.45) is 0 Å². The van der Waals surface area contributed by atoms with Gasteiger partial charge in [0.25, 0.3) is 11.5 Å². The van der Waals surface area contributed by atoms with Crippen molar-refractivity contribution in [1.82, 2.24) is 95.9 Å². The molecule has 10 rings (SSSR count). The number of aromatic nitrogens is 15. The molecule has 0 saturated carbocycles. The van der Waals surface area contributed by atoms with Gasteiger partial charge in [-0.25, -0.2) is 43.4 Å². The van der Waals surface area contributed by atoms with Crippen molar-refractivity contribution in [2.45, 2.75) is 58.4 Å². The maximum Gasteiger partial charge on any atom is 0.280 e. The molecule has 2 atom stereocenters. The van der Waals surface area contributed by atoms with Crippen molar-refractivity contribution in [1.29, 1.82) is 5.26 Å². The molecule has 1 aliphatic rings. The fraction of sp³-hybridized carbons (Fsp3) is 0.403. The number of fused-ring (bicyclic) bond motifs is 2. The van der Waals surface area contributed by atoms with Gasteiger partial charge in [0.1, 0.15) is 23.6 Å². The Morgan fingerprint density at radius 3 is 2.38 bits per heavy atom. The third kappa shape index (κ3) is 19.2. The van der Waals surface area contributed by atoms with Crippen LogP contribution in [-0.2, 0) is 48.2 Å². The van der Waals surface area contributed by atoms with E-state index in [1.807, 2.05) is 15.9 Å². The van der Waals surface area contributed by atoms with Crippen LogP contribution in [0.15, 0.2) is 78.1 Å². The molecule has 0 spiro atoms. The van der Waals surface area contributed by atoms with Crippen molar-refractivity contribution in [3.05, 3.63) is 140 Å². The molecule has 1 fully saturated rings. The second-order valence-corrected chi connectivity index (χ2v) is 22.8. The molecule has 3 amide bonds. The number of amides is 3. The second kappa shape index (κ2) is 34.5. The zero-order chi connectivity index (χ0) is 68.9. The van der Waals surface area contributed by atoms with E-state index in [1.54, 1.807) is 53.9 Å². The number of pyridine rings is 2. The number of tetrazole rings is 1. The lowest BCUT2D eigenvalue weighted by molar-refractivity contribution is -0.136. The van der Waals surface area contributed by atoms with Crippen molar-refractivity contribution < 1.29 is 47.2 Å². The Morgan fingerprint density at radius 1 is 0.867 bits per heavy atom. The summed E-state index contributed by atoms with van der Waals surface area (Å²) in [7, 11) is 0. The first-order valence-corrected chi connectivity index (χ1v) is 31.6. The van der Waals surface area contributed by atoms with Gasteiger partial charge in [-0.2, -0.15) is 15.5 Å². The van der Waals surface area contributed by atoms with Crippen molar-refractivity contribution in [2.75, 3.05) is 127 Å². The number of H-pyrrole nitrogens is 2. The molecule has 9 aromatic rings. The first-order valence-electron chi connectivity index (χ1n) is 31.3. The Balaban J connectivity index is 0.553. The maximum atomic E-state index is 15.7. The summed E-state index contributed by atoms with van der Waals surface area (Å²) in [6.07, 6.45) is 6.46. The van der Waals surface area contributed by atoms with E-state index in [-0.39, 0.29) is 120 Å². The minimum absolute atomic E-state index is 0.0448.